The minimum atomic E-state index is -0.585. The molecule has 6 heteroatoms. The van der Waals surface area contributed by atoms with Gasteiger partial charge in [-0.1, -0.05) is 48.0 Å². The third-order valence-electron chi connectivity index (χ3n) is 4.67. The number of halogens is 1. The van der Waals surface area contributed by atoms with Crippen molar-refractivity contribution in [3.8, 4) is 11.5 Å². The average Bonchev–Trinajstić information content (AvgIpc) is 2.99. The second kappa shape index (κ2) is 7.97. The molecule has 148 valence electrons. The fourth-order valence-electron chi connectivity index (χ4n) is 3.20. The Labute approximate surface area is 177 Å². The van der Waals surface area contributed by atoms with Crippen molar-refractivity contribution < 1.29 is 23.9 Å². The van der Waals surface area contributed by atoms with Gasteiger partial charge in [0.05, 0.1) is 18.2 Å². The van der Waals surface area contributed by atoms with Crippen LogP contribution in [0.25, 0.3) is 6.08 Å². The maximum Gasteiger partial charge on any atom is 0.343 e. The quantitative estimate of drug-likeness (QED) is 0.257. The second-order valence-corrected chi connectivity index (χ2v) is 7.01. The van der Waals surface area contributed by atoms with E-state index in [-0.39, 0.29) is 28.6 Å². The largest absolute Gasteiger partial charge is 0.493 e. The summed E-state index contributed by atoms with van der Waals surface area (Å²) < 4.78 is 10.7. The van der Waals surface area contributed by atoms with Gasteiger partial charge in [0.15, 0.2) is 23.1 Å². The second-order valence-electron chi connectivity index (χ2n) is 6.57. The first kappa shape index (κ1) is 19.6. The van der Waals surface area contributed by atoms with Crippen LogP contribution in [0.4, 0.5) is 0 Å². The SMILES string of the molecule is COc1cc(C=C2C(=O)c3ccccc3C2=O)ccc1OC(=O)c1cccc(Cl)c1. The van der Waals surface area contributed by atoms with Gasteiger partial charge in [-0.25, -0.2) is 4.79 Å². The smallest absolute Gasteiger partial charge is 0.343 e. The maximum atomic E-state index is 12.6. The van der Waals surface area contributed by atoms with E-state index in [9.17, 15) is 14.4 Å². The van der Waals surface area contributed by atoms with Crippen LogP contribution in [-0.4, -0.2) is 24.6 Å². The molecule has 1 aliphatic rings. The lowest BCUT2D eigenvalue weighted by atomic mass is 10.1. The number of methoxy groups -OCH3 is 1. The molecule has 0 fully saturated rings. The van der Waals surface area contributed by atoms with Crippen LogP contribution < -0.4 is 9.47 Å². The van der Waals surface area contributed by atoms with E-state index in [1.54, 1.807) is 60.7 Å². The highest BCUT2D eigenvalue weighted by Crippen LogP contribution is 2.32. The van der Waals surface area contributed by atoms with Crippen LogP contribution in [0, 0.1) is 0 Å². The average molecular weight is 419 g/mol. The van der Waals surface area contributed by atoms with E-state index in [4.69, 9.17) is 21.1 Å². The van der Waals surface area contributed by atoms with E-state index >= 15 is 0 Å². The number of ether oxygens (including phenoxy) is 2. The van der Waals surface area contributed by atoms with Gasteiger partial charge < -0.3 is 9.47 Å². The summed E-state index contributed by atoms with van der Waals surface area (Å²) in [5.41, 5.74) is 1.75. The number of hydrogen-bond acceptors (Lipinski definition) is 5. The lowest BCUT2D eigenvalue weighted by Gasteiger charge is -2.10. The van der Waals surface area contributed by atoms with Crippen LogP contribution in [0.5, 0.6) is 11.5 Å². The molecular formula is C24H15ClO5. The van der Waals surface area contributed by atoms with Crippen LogP contribution in [-0.2, 0) is 0 Å². The van der Waals surface area contributed by atoms with Crippen molar-refractivity contribution in [3.05, 3.63) is 99.6 Å². The molecule has 0 radical (unpaired) electrons. The van der Waals surface area contributed by atoms with E-state index in [1.165, 1.54) is 19.3 Å². The van der Waals surface area contributed by atoms with Crippen LogP contribution >= 0.6 is 11.6 Å². The molecule has 0 N–H and O–H groups in total. The molecule has 0 aliphatic heterocycles. The molecule has 1 aliphatic carbocycles. The fraction of sp³-hybridized carbons (Fsp3) is 0.0417. The van der Waals surface area contributed by atoms with E-state index in [2.05, 4.69) is 0 Å². The first-order valence-electron chi connectivity index (χ1n) is 9.04. The predicted octanol–water partition coefficient (Wildman–Crippen LogP) is 5.03. The zero-order chi connectivity index (χ0) is 21.3. The van der Waals surface area contributed by atoms with Gasteiger partial charge in [-0.15, -0.1) is 0 Å². The Balaban J connectivity index is 1.62. The summed E-state index contributed by atoms with van der Waals surface area (Å²) in [5.74, 6) is -0.720. The van der Waals surface area contributed by atoms with Crippen molar-refractivity contribution in [1.82, 2.24) is 0 Å². The summed E-state index contributed by atoms with van der Waals surface area (Å²) in [7, 11) is 1.44. The zero-order valence-electron chi connectivity index (χ0n) is 15.8. The number of fused-ring (bicyclic) bond motifs is 1. The van der Waals surface area contributed by atoms with Gasteiger partial charge in [0.25, 0.3) is 0 Å². The van der Waals surface area contributed by atoms with Gasteiger partial charge >= 0.3 is 5.97 Å². The Kier molecular flexibility index (Phi) is 5.21. The van der Waals surface area contributed by atoms with Gasteiger partial charge in [0.2, 0.25) is 0 Å². The summed E-state index contributed by atoms with van der Waals surface area (Å²) in [5, 5.41) is 0.422. The predicted molar refractivity (Wildman–Crippen MR) is 112 cm³/mol. The van der Waals surface area contributed by atoms with Crippen LogP contribution in [0.3, 0.4) is 0 Å². The van der Waals surface area contributed by atoms with Gasteiger partial charge in [-0.05, 0) is 42.0 Å². The lowest BCUT2D eigenvalue weighted by Crippen LogP contribution is -2.09. The van der Waals surface area contributed by atoms with Crippen molar-refractivity contribution in [1.29, 1.82) is 0 Å². The Bertz CT molecular complexity index is 1190. The Morgan fingerprint density at radius 1 is 0.867 bits per heavy atom. The van der Waals surface area contributed by atoms with Crippen LogP contribution in [0.15, 0.2) is 72.3 Å². The molecule has 0 saturated carbocycles. The molecule has 3 aromatic rings. The number of benzene rings is 3. The van der Waals surface area contributed by atoms with Crippen molar-refractivity contribution >= 4 is 35.2 Å². The van der Waals surface area contributed by atoms with Crippen molar-refractivity contribution in [3.63, 3.8) is 0 Å². The molecule has 5 nitrogen and oxygen atoms in total. The molecular weight excluding hydrogens is 404 g/mol. The number of esters is 1. The minimum Gasteiger partial charge on any atom is -0.493 e. The summed E-state index contributed by atoms with van der Waals surface area (Å²) in [6.07, 6.45) is 1.51. The monoisotopic (exact) mass is 418 g/mol. The highest BCUT2D eigenvalue weighted by atomic mass is 35.5. The normalized spacial score (nSPS) is 12.5. The number of allylic oxidation sites excluding steroid dienone is 1. The van der Waals surface area contributed by atoms with Crippen molar-refractivity contribution in [2.24, 2.45) is 0 Å². The lowest BCUT2D eigenvalue weighted by molar-refractivity contribution is 0.0729. The van der Waals surface area contributed by atoms with E-state index in [1.807, 2.05) is 0 Å². The Hall–Kier alpha value is -3.70. The highest BCUT2D eigenvalue weighted by Gasteiger charge is 2.32. The van der Waals surface area contributed by atoms with E-state index < -0.39 is 5.97 Å². The molecule has 0 saturated heterocycles. The third kappa shape index (κ3) is 3.63. The number of Topliss-reactive ketones (excluding diaryl/α,β-unsaturated/α-hetero) is 2. The van der Waals surface area contributed by atoms with Crippen molar-refractivity contribution in [2.75, 3.05) is 7.11 Å². The topological polar surface area (TPSA) is 69.7 Å². The maximum absolute atomic E-state index is 12.6. The first-order chi connectivity index (χ1) is 14.5. The molecule has 0 bridgehead atoms. The molecule has 0 amide bonds. The van der Waals surface area contributed by atoms with Gasteiger partial charge in [0.1, 0.15) is 0 Å². The molecule has 3 aromatic carbocycles. The number of hydrogen-bond donors (Lipinski definition) is 0. The molecule has 4 rings (SSSR count). The summed E-state index contributed by atoms with van der Waals surface area (Å²) in [4.78, 5) is 37.5. The minimum absolute atomic E-state index is 0.0851. The zero-order valence-corrected chi connectivity index (χ0v) is 16.6. The van der Waals surface area contributed by atoms with E-state index in [0.29, 0.717) is 27.3 Å². The summed E-state index contributed by atoms with van der Waals surface area (Å²) >= 11 is 5.92. The standard InChI is InChI=1S/C24H15ClO5/c1-29-21-12-14(11-19-22(26)17-7-2-3-8-18(17)23(19)27)9-10-20(21)30-24(28)15-5-4-6-16(25)13-15/h2-13H,1H3. The highest BCUT2D eigenvalue weighted by molar-refractivity contribution is 6.41. The molecule has 0 aromatic heterocycles. The first-order valence-corrected chi connectivity index (χ1v) is 9.41. The van der Waals surface area contributed by atoms with Gasteiger partial charge in [0, 0.05) is 16.1 Å². The fourth-order valence-corrected chi connectivity index (χ4v) is 3.39. The van der Waals surface area contributed by atoms with Crippen LogP contribution in [0.2, 0.25) is 5.02 Å². The number of carbonyl (C=O) groups excluding carboxylic acids is 3. The Morgan fingerprint density at radius 2 is 1.57 bits per heavy atom. The molecule has 0 unspecified atom stereocenters. The third-order valence-corrected chi connectivity index (χ3v) is 4.90. The van der Waals surface area contributed by atoms with Gasteiger partial charge in [-0.2, -0.15) is 0 Å². The molecule has 0 atom stereocenters. The van der Waals surface area contributed by atoms with Crippen molar-refractivity contribution in [2.45, 2.75) is 0 Å². The van der Waals surface area contributed by atoms with Crippen LogP contribution in [0.1, 0.15) is 36.6 Å². The summed E-state index contributed by atoms with van der Waals surface area (Å²) in [6.45, 7) is 0. The number of rotatable bonds is 4. The van der Waals surface area contributed by atoms with E-state index in [0.717, 1.165) is 0 Å². The molecule has 30 heavy (non-hydrogen) atoms. The molecule has 0 heterocycles. The number of ketones is 2. The Morgan fingerprint density at radius 3 is 2.20 bits per heavy atom. The molecule has 0 spiro atoms. The van der Waals surface area contributed by atoms with Gasteiger partial charge in [-0.3, -0.25) is 9.59 Å². The number of carbonyl (C=O) groups is 3. The summed E-state index contributed by atoms with van der Waals surface area (Å²) in [6, 6.07) is 17.9.